The number of ether oxygens (including phenoxy) is 2. The molecule has 32 heavy (non-hydrogen) atoms. The third-order valence-corrected chi connectivity index (χ3v) is 7.83. The Bertz CT molecular complexity index is 1130. The molecule has 4 rings (SSSR count). The minimum atomic E-state index is -1.16. The van der Waals surface area contributed by atoms with Crippen molar-refractivity contribution in [1.82, 2.24) is 19.4 Å². The number of rotatable bonds is 8. The van der Waals surface area contributed by atoms with Crippen molar-refractivity contribution in [3.63, 3.8) is 0 Å². The average Bonchev–Trinajstić information content (AvgIpc) is 3.10. The Balaban J connectivity index is 1.70. The summed E-state index contributed by atoms with van der Waals surface area (Å²) in [5.74, 6) is 0.818. The number of nitriles is 1. The van der Waals surface area contributed by atoms with Gasteiger partial charge in [0.2, 0.25) is 0 Å². The Hall–Kier alpha value is -2.47. The van der Waals surface area contributed by atoms with E-state index in [1.807, 2.05) is 12.1 Å². The van der Waals surface area contributed by atoms with E-state index in [-0.39, 0.29) is 6.10 Å². The monoisotopic (exact) mass is 451 g/mol. The first-order chi connectivity index (χ1) is 15.4. The van der Waals surface area contributed by atoms with Crippen LogP contribution in [0.15, 0.2) is 24.5 Å². The molecular formula is C24H33N5O2Si. The topological polar surface area (TPSA) is 76.2 Å². The molecule has 0 radical (unpaired) electrons. The van der Waals surface area contributed by atoms with E-state index in [2.05, 4.69) is 52.1 Å². The van der Waals surface area contributed by atoms with Gasteiger partial charge in [0, 0.05) is 32.8 Å². The number of likely N-dealkylation sites (N-methyl/N-ethyl adjacent to an activating group) is 1. The quantitative estimate of drug-likeness (QED) is 0.367. The summed E-state index contributed by atoms with van der Waals surface area (Å²) in [7, 11) is -1.16. The summed E-state index contributed by atoms with van der Waals surface area (Å²) in [5.41, 5.74) is 2.11. The molecule has 3 aromatic heterocycles. The SMILES string of the molecule is CCN1CCCC(Oc2ccnc3c2c2cc(C#N)ncc2n3COCC[Si](C)(C)C)C1. The van der Waals surface area contributed by atoms with E-state index in [1.165, 1.54) is 0 Å². The van der Waals surface area contributed by atoms with Gasteiger partial charge in [0.05, 0.1) is 17.1 Å². The summed E-state index contributed by atoms with van der Waals surface area (Å²) in [6.45, 7) is 13.5. The molecule has 1 aliphatic rings. The third kappa shape index (κ3) is 4.95. The van der Waals surface area contributed by atoms with E-state index in [4.69, 9.17) is 9.47 Å². The highest BCUT2D eigenvalue weighted by atomic mass is 28.3. The Kier molecular flexibility index (Phi) is 6.79. The van der Waals surface area contributed by atoms with Crippen molar-refractivity contribution in [2.75, 3.05) is 26.2 Å². The van der Waals surface area contributed by atoms with E-state index in [0.717, 1.165) is 72.8 Å². The van der Waals surface area contributed by atoms with Crippen LogP contribution in [0.5, 0.6) is 5.75 Å². The minimum Gasteiger partial charge on any atom is -0.488 e. The lowest BCUT2D eigenvalue weighted by molar-refractivity contribution is 0.0916. The van der Waals surface area contributed by atoms with Crippen LogP contribution < -0.4 is 4.74 Å². The lowest BCUT2D eigenvalue weighted by atomic mass is 10.1. The second-order valence-corrected chi connectivity index (χ2v) is 15.4. The van der Waals surface area contributed by atoms with E-state index >= 15 is 0 Å². The van der Waals surface area contributed by atoms with Crippen LogP contribution in [0.1, 0.15) is 25.5 Å². The van der Waals surface area contributed by atoms with Crippen LogP contribution in [0.3, 0.4) is 0 Å². The molecule has 0 bridgehead atoms. The standard InChI is InChI=1S/C24H33N5O2Si/c1-5-28-10-6-7-19(16-28)31-22-8-9-26-24-23(22)20-13-18(14-25)27-15-21(20)29(24)17-30-11-12-32(2,3)4/h8-9,13,15,19H,5-7,10-12,16-17H2,1-4H3. The first-order valence-electron chi connectivity index (χ1n) is 11.5. The van der Waals surface area contributed by atoms with Crippen molar-refractivity contribution in [3.05, 3.63) is 30.2 Å². The molecule has 0 N–H and O–H groups in total. The molecule has 170 valence electrons. The molecule has 1 fully saturated rings. The summed E-state index contributed by atoms with van der Waals surface area (Å²) < 4.78 is 14.6. The number of pyridine rings is 2. The Morgan fingerprint density at radius 1 is 1.28 bits per heavy atom. The zero-order valence-corrected chi connectivity index (χ0v) is 20.6. The van der Waals surface area contributed by atoms with Gasteiger partial charge in [-0.25, -0.2) is 9.97 Å². The molecule has 1 atom stereocenters. The normalized spacial score (nSPS) is 17.7. The summed E-state index contributed by atoms with van der Waals surface area (Å²) in [4.78, 5) is 11.4. The van der Waals surface area contributed by atoms with Crippen LogP contribution in [-0.4, -0.2) is 59.9 Å². The first-order valence-corrected chi connectivity index (χ1v) is 15.2. The predicted octanol–water partition coefficient (Wildman–Crippen LogP) is 4.63. The summed E-state index contributed by atoms with van der Waals surface area (Å²) in [6, 6.07) is 7.05. The second kappa shape index (κ2) is 9.57. The van der Waals surface area contributed by atoms with Crippen molar-refractivity contribution >= 4 is 30.0 Å². The van der Waals surface area contributed by atoms with E-state index in [1.54, 1.807) is 12.4 Å². The summed E-state index contributed by atoms with van der Waals surface area (Å²) in [5, 5.41) is 11.3. The number of likely N-dealkylation sites (tertiary alicyclic amines) is 1. The summed E-state index contributed by atoms with van der Waals surface area (Å²) >= 11 is 0. The summed E-state index contributed by atoms with van der Waals surface area (Å²) in [6.07, 6.45) is 5.89. The van der Waals surface area contributed by atoms with Gasteiger partial charge in [-0.3, -0.25) is 9.47 Å². The maximum Gasteiger partial charge on any atom is 0.146 e. The van der Waals surface area contributed by atoms with Gasteiger partial charge in [-0.1, -0.05) is 26.6 Å². The molecule has 1 saturated heterocycles. The fourth-order valence-corrected chi connectivity index (χ4v) is 5.03. The third-order valence-electron chi connectivity index (χ3n) is 6.13. The molecule has 7 nitrogen and oxygen atoms in total. The van der Waals surface area contributed by atoms with Crippen molar-refractivity contribution in [2.45, 2.75) is 58.3 Å². The Morgan fingerprint density at radius 2 is 2.12 bits per heavy atom. The number of fused-ring (bicyclic) bond motifs is 3. The number of aromatic nitrogens is 3. The van der Waals surface area contributed by atoms with Gasteiger partial charge in [0.15, 0.2) is 0 Å². The Morgan fingerprint density at radius 3 is 2.88 bits per heavy atom. The molecule has 4 heterocycles. The van der Waals surface area contributed by atoms with Gasteiger partial charge in [0.1, 0.15) is 36.0 Å². The van der Waals surface area contributed by atoms with Gasteiger partial charge < -0.3 is 9.47 Å². The van der Waals surface area contributed by atoms with Crippen LogP contribution in [0.25, 0.3) is 21.9 Å². The van der Waals surface area contributed by atoms with Crippen LogP contribution in [-0.2, 0) is 11.5 Å². The molecule has 0 aromatic carbocycles. The number of nitrogens with zero attached hydrogens (tertiary/aromatic N) is 5. The molecular weight excluding hydrogens is 418 g/mol. The van der Waals surface area contributed by atoms with Crippen LogP contribution in [0.4, 0.5) is 0 Å². The van der Waals surface area contributed by atoms with Crippen molar-refractivity contribution in [1.29, 1.82) is 5.26 Å². The van der Waals surface area contributed by atoms with Crippen molar-refractivity contribution in [3.8, 4) is 11.8 Å². The zero-order chi connectivity index (χ0) is 22.7. The predicted molar refractivity (Wildman–Crippen MR) is 130 cm³/mol. The van der Waals surface area contributed by atoms with E-state index < -0.39 is 8.07 Å². The van der Waals surface area contributed by atoms with Crippen molar-refractivity contribution < 1.29 is 9.47 Å². The molecule has 0 spiro atoms. The fraction of sp³-hybridized carbons (Fsp3) is 0.542. The molecule has 0 saturated carbocycles. The van der Waals surface area contributed by atoms with Crippen molar-refractivity contribution in [2.24, 2.45) is 0 Å². The number of hydrogen-bond donors (Lipinski definition) is 0. The average molecular weight is 452 g/mol. The molecule has 1 aliphatic heterocycles. The lowest BCUT2D eigenvalue weighted by Crippen LogP contribution is -2.40. The molecule has 0 amide bonds. The van der Waals surface area contributed by atoms with Gasteiger partial charge in [-0.05, 0) is 44.1 Å². The number of hydrogen-bond acceptors (Lipinski definition) is 6. The highest BCUT2D eigenvalue weighted by Crippen LogP contribution is 2.35. The largest absolute Gasteiger partial charge is 0.488 e. The second-order valence-electron chi connectivity index (χ2n) is 9.76. The van der Waals surface area contributed by atoms with E-state index in [9.17, 15) is 5.26 Å². The first kappa shape index (κ1) is 22.7. The van der Waals surface area contributed by atoms with Crippen LogP contribution in [0.2, 0.25) is 25.7 Å². The Labute approximate surface area is 191 Å². The maximum absolute atomic E-state index is 9.42. The van der Waals surface area contributed by atoms with Gasteiger partial charge in [0.25, 0.3) is 0 Å². The number of piperidine rings is 1. The molecule has 8 heteroatoms. The van der Waals surface area contributed by atoms with Gasteiger partial charge >= 0.3 is 0 Å². The van der Waals surface area contributed by atoms with Gasteiger partial charge in [-0.2, -0.15) is 5.26 Å². The molecule has 0 aliphatic carbocycles. The fourth-order valence-electron chi connectivity index (χ4n) is 4.27. The highest BCUT2D eigenvalue weighted by molar-refractivity contribution is 6.76. The molecule has 1 unspecified atom stereocenters. The highest BCUT2D eigenvalue weighted by Gasteiger charge is 2.23. The zero-order valence-electron chi connectivity index (χ0n) is 19.6. The van der Waals surface area contributed by atoms with Crippen LogP contribution in [0, 0.1) is 11.3 Å². The minimum absolute atomic E-state index is 0.151. The van der Waals surface area contributed by atoms with Gasteiger partial charge in [-0.15, -0.1) is 0 Å². The smallest absolute Gasteiger partial charge is 0.146 e. The van der Waals surface area contributed by atoms with E-state index in [0.29, 0.717) is 12.4 Å². The molecule has 3 aromatic rings. The lowest BCUT2D eigenvalue weighted by Gasteiger charge is -2.32. The van der Waals surface area contributed by atoms with Crippen LogP contribution >= 0.6 is 0 Å². The maximum atomic E-state index is 9.42.